The molecule has 0 heterocycles. The Morgan fingerprint density at radius 3 is 2.85 bits per heavy atom. The minimum absolute atomic E-state index is 0.152. The molecule has 1 aliphatic carbocycles. The van der Waals surface area contributed by atoms with Crippen LogP contribution in [0.2, 0.25) is 0 Å². The van der Waals surface area contributed by atoms with Gasteiger partial charge in [-0.2, -0.15) is 0 Å². The molecule has 0 saturated heterocycles. The molecule has 1 saturated carbocycles. The predicted molar refractivity (Wildman–Crippen MR) is 79.4 cm³/mol. The van der Waals surface area contributed by atoms with Crippen LogP contribution >= 0.6 is 15.9 Å². The van der Waals surface area contributed by atoms with Gasteiger partial charge in [0.25, 0.3) is 0 Å². The number of phenols is 1. The van der Waals surface area contributed by atoms with Crippen LogP contribution in [-0.2, 0) is 6.54 Å². The quantitative estimate of drug-likeness (QED) is 0.676. The second-order valence-electron chi connectivity index (χ2n) is 5.17. The highest BCUT2D eigenvalue weighted by Crippen LogP contribution is 2.25. The van der Waals surface area contributed by atoms with Crippen LogP contribution in [-0.4, -0.2) is 28.9 Å². The van der Waals surface area contributed by atoms with Crippen molar-refractivity contribution >= 4 is 22.0 Å². The van der Waals surface area contributed by atoms with E-state index in [9.17, 15) is 9.90 Å². The minimum atomic E-state index is -0.196. The van der Waals surface area contributed by atoms with Crippen molar-refractivity contribution in [1.82, 2.24) is 10.6 Å². The topological polar surface area (TPSA) is 81.6 Å². The molecule has 0 unspecified atom stereocenters. The lowest BCUT2D eigenvalue weighted by Crippen LogP contribution is -2.40. The average molecular weight is 343 g/mol. The second-order valence-corrected chi connectivity index (χ2v) is 6.03. The summed E-state index contributed by atoms with van der Waals surface area (Å²) in [4.78, 5) is 11.8. The molecule has 0 radical (unpaired) electrons. The van der Waals surface area contributed by atoms with Crippen LogP contribution in [0.4, 0.5) is 4.79 Å². The monoisotopic (exact) mass is 342 g/mol. The highest BCUT2D eigenvalue weighted by Gasteiger charge is 2.24. The molecule has 0 aliphatic heterocycles. The SMILES string of the molecule is O=C(NCc1ccc(O)c(Br)c1)N[C@H]1CC[C@@H](CO)C1. The smallest absolute Gasteiger partial charge is 0.315 e. The molecule has 0 bridgehead atoms. The van der Waals surface area contributed by atoms with Gasteiger partial charge in [-0.3, -0.25) is 0 Å². The second kappa shape index (κ2) is 6.95. The molecule has 110 valence electrons. The number of phenolic OH excluding ortho intramolecular Hbond substituents is 1. The molecule has 0 aromatic heterocycles. The summed E-state index contributed by atoms with van der Waals surface area (Å²) in [6.07, 6.45) is 2.73. The Morgan fingerprint density at radius 2 is 2.20 bits per heavy atom. The van der Waals surface area contributed by atoms with Crippen LogP contribution in [0.25, 0.3) is 0 Å². The first-order chi connectivity index (χ1) is 9.58. The van der Waals surface area contributed by atoms with Gasteiger partial charge in [0.1, 0.15) is 5.75 Å². The van der Waals surface area contributed by atoms with E-state index in [1.54, 1.807) is 18.2 Å². The van der Waals surface area contributed by atoms with Crippen LogP contribution in [0.15, 0.2) is 22.7 Å². The first-order valence-electron chi connectivity index (χ1n) is 6.71. The normalized spacial score (nSPS) is 21.7. The number of urea groups is 1. The lowest BCUT2D eigenvalue weighted by molar-refractivity contribution is 0.223. The van der Waals surface area contributed by atoms with E-state index < -0.39 is 0 Å². The number of aliphatic hydroxyl groups is 1. The van der Waals surface area contributed by atoms with Crippen molar-refractivity contribution in [1.29, 1.82) is 0 Å². The van der Waals surface area contributed by atoms with Crippen molar-refractivity contribution in [2.75, 3.05) is 6.61 Å². The third-order valence-electron chi connectivity index (χ3n) is 3.60. The van der Waals surface area contributed by atoms with Crippen LogP contribution < -0.4 is 10.6 Å². The highest BCUT2D eigenvalue weighted by molar-refractivity contribution is 9.10. The van der Waals surface area contributed by atoms with E-state index in [0.29, 0.717) is 16.9 Å². The van der Waals surface area contributed by atoms with Gasteiger partial charge in [0.2, 0.25) is 0 Å². The molecular weight excluding hydrogens is 324 g/mol. The van der Waals surface area contributed by atoms with E-state index in [1.807, 2.05) is 0 Å². The summed E-state index contributed by atoms with van der Waals surface area (Å²) in [7, 11) is 0. The van der Waals surface area contributed by atoms with Crippen molar-refractivity contribution in [2.45, 2.75) is 31.8 Å². The van der Waals surface area contributed by atoms with Crippen LogP contribution in [0, 0.1) is 5.92 Å². The van der Waals surface area contributed by atoms with Crippen molar-refractivity contribution in [3.05, 3.63) is 28.2 Å². The maximum Gasteiger partial charge on any atom is 0.315 e. The first-order valence-corrected chi connectivity index (χ1v) is 7.50. The van der Waals surface area contributed by atoms with Crippen LogP contribution in [0.3, 0.4) is 0 Å². The highest BCUT2D eigenvalue weighted by atomic mass is 79.9. The zero-order valence-electron chi connectivity index (χ0n) is 11.1. The largest absolute Gasteiger partial charge is 0.507 e. The third-order valence-corrected chi connectivity index (χ3v) is 4.23. The summed E-state index contributed by atoms with van der Waals surface area (Å²) < 4.78 is 0.610. The average Bonchev–Trinajstić information content (AvgIpc) is 2.88. The summed E-state index contributed by atoms with van der Waals surface area (Å²) in [5, 5.41) is 24.2. The first kappa shape index (κ1) is 15.1. The number of aromatic hydroxyl groups is 1. The van der Waals surface area contributed by atoms with Crippen molar-refractivity contribution in [3.8, 4) is 5.75 Å². The van der Waals surface area contributed by atoms with E-state index in [0.717, 1.165) is 24.8 Å². The fourth-order valence-corrected chi connectivity index (χ4v) is 2.88. The van der Waals surface area contributed by atoms with Crippen molar-refractivity contribution < 1.29 is 15.0 Å². The number of halogens is 1. The zero-order valence-corrected chi connectivity index (χ0v) is 12.7. The van der Waals surface area contributed by atoms with Crippen molar-refractivity contribution in [2.24, 2.45) is 5.92 Å². The molecule has 0 spiro atoms. The maximum absolute atomic E-state index is 11.8. The number of rotatable bonds is 4. The molecule has 1 aliphatic rings. The summed E-state index contributed by atoms with van der Waals surface area (Å²) in [6, 6.07) is 5.07. The lowest BCUT2D eigenvalue weighted by Gasteiger charge is -2.14. The maximum atomic E-state index is 11.8. The zero-order chi connectivity index (χ0) is 14.5. The molecule has 2 atom stereocenters. The number of nitrogens with one attached hydrogen (secondary N) is 2. The predicted octanol–water partition coefficient (Wildman–Crippen LogP) is 2.11. The molecule has 2 rings (SSSR count). The van der Waals surface area contributed by atoms with Gasteiger partial charge < -0.3 is 20.8 Å². The number of carbonyl (C=O) groups is 1. The molecule has 4 N–H and O–H groups in total. The van der Waals surface area contributed by atoms with Gasteiger partial charge in [0.05, 0.1) is 4.47 Å². The van der Waals surface area contributed by atoms with E-state index >= 15 is 0 Å². The Bertz CT molecular complexity index is 481. The molecule has 1 aromatic rings. The Labute approximate surface area is 126 Å². The van der Waals surface area contributed by atoms with Crippen LogP contribution in [0.5, 0.6) is 5.75 Å². The Hall–Kier alpha value is -1.27. The summed E-state index contributed by atoms with van der Waals surface area (Å²) in [5.41, 5.74) is 0.907. The summed E-state index contributed by atoms with van der Waals surface area (Å²) in [5.74, 6) is 0.493. The molecular formula is C14H19BrN2O3. The van der Waals surface area contributed by atoms with E-state index in [2.05, 4.69) is 26.6 Å². The fraction of sp³-hybridized carbons (Fsp3) is 0.500. The van der Waals surface area contributed by atoms with E-state index in [1.165, 1.54) is 0 Å². The number of hydrogen-bond donors (Lipinski definition) is 4. The standard InChI is InChI=1S/C14H19BrN2O3/c15-12-6-9(2-4-13(12)19)7-16-14(20)17-11-3-1-10(5-11)8-18/h2,4,6,10-11,18-19H,1,3,5,7-8H2,(H2,16,17,20)/t10-,11+/m1/s1. The summed E-state index contributed by atoms with van der Waals surface area (Å²) >= 11 is 3.24. The van der Waals surface area contributed by atoms with Crippen LogP contribution in [0.1, 0.15) is 24.8 Å². The fourth-order valence-electron chi connectivity index (χ4n) is 2.45. The van der Waals surface area contributed by atoms with E-state index in [4.69, 9.17) is 5.11 Å². The number of benzene rings is 1. The third kappa shape index (κ3) is 4.11. The van der Waals surface area contributed by atoms with Gasteiger partial charge in [-0.25, -0.2) is 4.79 Å². The Morgan fingerprint density at radius 1 is 1.40 bits per heavy atom. The number of carbonyl (C=O) groups excluding carboxylic acids is 1. The molecule has 2 amide bonds. The van der Waals surface area contributed by atoms with Gasteiger partial charge in [-0.15, -0.1) is 0 Å². The Balaban J connectivity index is 1.76. The van der Waals surface area contributed by atoms with Gasteiger partial charge in [-0.05, 0) is 58.8 Å². The summed E-state index contributed by atoms with van der Waals surface area (Å²) in [6.45, 7) is 0.599. The van der Waals surface area contributed by atoms with Gasteiger partial charge >= 0.3 is 6.03 Å². The molecule has 20 heavy (non-hydrogen) atoms. The Kier molecular flexibility index (Phi) is 5.25. The number of hydrogen-bond acceptors (Lipinski definition) is 3. The number of amides is 2. The van der Waals surface area contributed by atoms with Gasteiger partial charge in [0, 0.05) is 19.2 Å². The minimum Gasteiger partial charge on any atom is -0.507 e. The molecule has 1 aromatic carbocycles. The lowest BCUT2D eigenvalue weighted by atomic mass is 10.1. The van der Waals surface area contributed by atoms with Crippen molar-refractivity contribution in [3.63, 3.8) is 0 Å². The molecule has 1 fully saturated rings. The number of aliphatic hydroxyl groups excluding tert-OH is 1. The van der Waals surface area contributed by atoms with Gasteiger partial charge in [0.15, 0.2) is 0 Å². The molecule has 6 heteroatoms. The van der Waals surface area contributed by atoms with E-state index in [-0.39, 0.29) is 24.4 Å². The van der Waals surface area contributed by atoms with Gasteiger partial charge in [-0.1, -0.05) is 6.07 Å². The molecule has 5 nitrogen and oxygen atoms in total.